The van der Waals surface area contributed by atoms with Crippen molar-refractivity contribution in [1.82, 2.24) is 0 Å². The molecule has 0 atom stereocenters. The molecular formula is C16H13ClNO2S. The van der Waals surface area contributed by atoms with Crippen LogP contribution in [0.1, 0.15) is 27.9 Å². The highest BCUT2D eigenvalue weighted by molar-refractivity contribution is 7.14. The number of methoxy groups -OCH3 is 1. The zero-order valence-electron chi connectivity index (χ0n) is 11.9. The van der Waals surface area contributed by atoms with Crippen molar-refractivity contribution in [3.63, 3.8) is 0 Å². The van der Waals surface area contributed by atoms with Gasteiger partial charge in [0.25, 0.3) is 0 Å². The van der Waals surface area contributed by atoms with Gasteiger partial charge in [0.15, 0.2) is 0 Å². The quantitative estimate of drug-likeness (QED) is 0.783. The Morgan fingerprint density at radius 1 is 1.43 bits per heavy atom. The molecule has 0 spiro atoms. The summed E-state index contributed by atoms with van der Waals surface area (Å²) in [6.07, 6.45) is 3.54. The Labute approximate surface area is 132 Å². The number of nitrogens with zero attached hydrogens (tertiary/aromatic N) is 1. The van der Waals surface area contributed by atoms with E-state index in [9.17, 15) is 4.79 Å². The summed E-state index contributed by atoms with van der Waals surface area (Å²) in [6, 6.07) is 3.77. The van der Waals surface area contributed by atoms with Crippen LogP contribution in [0.4, 0.5) is 0 Å². The van der Waals surface area contributed by atoms with Gasteiger partial charge in [0.05, 0.1) is 28.3 Å². The topological polar surface area (TPSA) is 38.7 Å². The van der Waals surface area contributed by atoms with Crippen LogP contribution >= 0.6 is 22.9 Å². The highest BCUT2D eigenvalue weighted by atomic mass is 35.5. The lowest BCUT2D eigenvalue weighted by molar-refractivity contribution is 0.102. The number of thiophene rings is 1. The van der Waals surface area contributed by atoms with Crippen LogP contribution in [0.3, 0.4) is 0 Å². The third-order valence-electron chi connectivity index (χ3n) is 3.38. The fourth-order valence-corrected chi connectivity index (χ4v) is 3.63. The van der Waals surface area contributed by atoms with Crippen LogP contribution in [-0.4, -0.2) is 18.6 Å². The second-order valence-electron chi connectivity index (χ2n) is 4.89. The van der Waals surface area contributed by atoms with Crippen molar-refractivity contribution in [2.75, 3.05) is 7.11 Å². The number of aryl methyl sites for hydroxylation is 1. The Kier molecular flexibility index (Phi) is 3.59. The van der Waals surface area contributed by atoms with E-state index in [0.29, 0.717) is 27.7 Å². The first kappa shape index (κ1) is 14.3. The molecule has 1 aliphatic carbocycles. The van der Waals surface area contributed by atoms with Crippen LogP contribution in [-0.2, 0) is 4.74 Å². The standard InChI is InChI=1S/C16H13ClNO2S/c1-8-6-10-12(18-8)7-11(16(20-3)14(10)17)15(19)13-5-4-9(2)21-13/h4-5H,7H2,1-3H3. The number of allylic oxidation sites excluding steroid dienone is 5. The molecule has 0 saturated heterocycles. The zero-order valence-corrected chi connectivity index (χ0v) is 13.5. The molecule has 3 nitrogen and oxygen atoms in total. The van der Waals surface area contributed by atoms with Gasteiger partial charge in [0.2, 0.25) is 5.78 Å². The molecule has 2 aliphatic rings. The monoisotopic (exact) mass is 318 g/mol. The molecule has 0 aromatic carbocycles. The normalized spacial score (nSPS) is 17.7. The molecule has 0 bridgehead atoms. The molecule has 1 aliphatic heterocycles. The van der Waals surface area contributed by atoms with E-state index in [1.807, 2.05) is 26.0 Å². The van der Waals surface area contributed by atoms with Gasteiger partial charge in [0.1, 0.15) is 5.76 Å². The summed E-state index contributed by atoms with van der Waals surface area (Å²) in [5, 5.41) is 0.413. The maximum atomic E-state index is 12.7. The average Bonchev–Trinajstić information content (AvgIpc) is 3.03. The van der Waals surface area contributed by atoms with Crippen molar-refractivity contribution in [2.24, 2.45) is 4.99 Å². The van der Waals surface area contributed by atoms with Crippen molar-refractivity contribution in [3.8, 4) is 0 Å². The van der Waals surface area contributed by atoms with Crippen LogP contribution in [0.2, 0.25) is 0 Å². The van der Waals surface area contributed by atoms with Gasteiger partial charge in [-0.3, -0.25) is 9.79 Å². The van der Waals surface area contributed by atoms with E-state index in [1.165, 1.54) is 18.4 Å². The molecule has 0 fully saturated rings. The summed E-state index contributed by atoms with van der Waals surface area (Å²) < 4.78 is 5.38. The number of carbonyl (C=O) groups is 1. The lowest BCUT2D eigenvalue weighted by Gasteiger charge is -2.19. The number of carbonyl (C=O) groups excluding carboxylic acids is 1. The molecule has 0 unspecified atom stereocenters. The zero-order chi connectivity index (χ0) is 15.1. The van der Waals surface area contributed by atoms with Crippen LogP contribution in [0.5, 0.6) is 0 Å². The van der Waals surface area contributed by atoms with E-state index in [-0.39, 0.29) is 5.78 Å². The largest absolute Gasteiger partial charge is 0.495 e. The van der Waals surface area contributed by atoms with Gasteiger partial charge in [-0.1, -0.05) is 11.6 Å². The fraction of sp³-hybridized carbons (Fsp3) is 0.250. The lowest BCUT2D eigenvalue weighted by Crippen LogP contribution is -2.17. The predicted molar refractivity (Wildman–Crippen MR) is 84.8 cm³/mol. The minimum absolute atomic E-state index is 0.0468. The SMILES string of the molecule is COC1=C(C(=O)c2ccc(C)s2)CC2=NC(C)=[C]C2=C1Cl. The number of aliphatic imine (C=N–C) groups is 1. The molecule has 0 N–H and O–H groups in total. The van der Waals surface area contributed by atoms with Crippen molar-refractivity contribution in [2.45, 2.75) is 20.3 Å². The number of rotatable bonds is 3. The molecular weight excluding hydrogens is 306 g/mol. The van der Waals surface area contributed by atoms with Crippen molar-refractivity contribution < 1.29 is 9.53 Å². The third kappa shape index (κ3) is 2.39. The van der Waals surface area contributed by atoms with Gasteiger partial charge in [-0.05, 0) is 26.0 Å². The smallest absolute Gasteiger partial charge is 0.203 e. The molecule has 1 radical (unpaired) electrons. The van der Waals surface area contributed by atoms with Gasteiger partial charge in [-0.2, -0.15) is 0 Å². The Balaban J connectivity index is 2.08. The van der Waals surface area contributed by atoms with Gasteiger partial charge < -0.3 is 4.74 Å². The summed E-state index contributed by atoms with van der Waals surface area (Å²) in [5.74, 6) is 0.387. The Bertz CT molecular complexity index is 765. The van der Waals surface area contributed by atoms with Crippen LogP contribution in [0.15, 0.2) is 44.8 Å². The first-order valence-corrected chi connectivity index (χ1v) is 7.67. The second kappa shape index (κ2) is 5.28. The maximum Gasteiger partial charge on any atom is 0.203 e. The number of hydrogen-bond donors (Lipinski definition) is 0. The van der Waals surface area contributed by atoms with Crippen molar-refractivity contribution in [1.29, 1.82) is 0 Å². The number of hydrogen-bond acceptors (Lipinski definition) is 4. The average molecular weight is 319 g/mol. The second-order valence-corrected chi connectivity index (χ2v) is 6.55. The molecule has 1 aromatic heterocycles. The van der Waals surface area contributed by atoms with Crippen molar-refractivity contribution >= 4 is 34.4 Å². The highest BCUT2D eigenvalue weighted by Gasteiger charge is 2.32. The molecule has 3 rings (SSSR count). The molecule has 0 saturated carbocycles. The number of fused-ring (bicyclic) bond motifs is 1. The predicted octanol–water partition coefficient (Wildman–Crippen LogP) is 4.20. The van der Waals surface area contributed by atoms with Gasteiger partial charge in [-0.25, -0.2) is 0 Å². The first-order chi connectivity index (χ1) is 10.0. The molecule has 107 valence electrons. The van der Waals surface area contributed by atoms with Crippen LogP contribution < -0.4 is 0 Å². The van der Waals surface area contributed by atoms with E-state index in [1.54, 1.807) is 0 Å². The Morgan fingerprint density at radius 2 is 2.19 bits per heavy atom. The number of ketones is 1. The molecule has 5 heteroatoms. The van der Waals surface area contributed by atoms with E-state index in [0.717, 1.165) is 21.9 Å². The number of Topliss-reactive ketones (excluding diaryl/α,β-unsaturated/α-hetero) is 1. The minimum atomic E-state index is -0.0468. The highest BCUT2D eigenvalue weighted by Crippen LogP contribution is 2.37. The van der Waals surface area contributed by atoms with Crippen molar-refractivity contribution in [3.05, 3.63) is 55.6 Å². The number of halogens is 1. The third-order valence-corrected chi connectivity index (χ3v) is 4.74. The van der Waals surface area contributed by atoms with Gasteiger partial charge in [-0.15, -0.1) is 11.3 Å². The summed E-state index contributed by atoms with van der Waals surface area (Å²) in [7, 11) is 1.53. The lowest BCUT2D eigenvalue weighted by atomic mass is 9.92. The Morgan fingerprint density at radius 3 is 2.81 bits per heavy atom. The van der Waals surface area contributed by atoms with Crippen LogP contribution in [0.25, 0.3) is 0 Å². The van der Waals surface area contributed by atoms with Crippen LogP contribution in [0, 0.1) is 13.0 Å². The minimum Gasteiger partial charge on any atom is -0.495 e. The summed E-state index contributed by atoms with van der Waals surface area (Å²) in [6.45, 7) is 3.83. The first-order valence-electron chi connectivity index (χ1n) is 6.48. The Hall–Kier alpha value is -1.65. The molecule has 0 amide bonds. The summed E-state index contributed by atoms with van der Waals surface area (Å²) >= 11 is 7.84. The van der Waals surface area contributed by atoms with E-state index < -0.39 is 0 Å². The fourth-order valence-electron chi connectivity index (χ4n) is 2.44. The summed E-state index contributed by atoms with van der Waals surface area (Å²) in [5.41, 5.74) is 2.86. The van der Waals surface area contributed by atoms with E-state index in [4.69, 9.17) is 16.3 Å². The maximum absolute atomic E-state index is 12.7. The summed E-state index contributed by atoms with van der Waals surface area (Å²) in [4.78, 5) is 18.9. The molecule has 1 aromatic rings. The van der Waals surface area contributed by atoms with Gasteiger partial charge >= 0.3 is 0 Å². The van der Waals surface area contributed by atoms with E-state index in [2.05, 4.69) is 11.1 Å². The van der Waals surface area contributed by atoms with Gasteiger partial charge in [0, 0.05) is 28.6 Å². The number of ether oxygens (including phenoxy) is 1. The molecule has 21 heavy (non-hydrogen) atoms. The molecule has 2 heterocycles. The van der Waals surface area contributed by atoms with E-state index >= 15 is 0 Å².